The Morgan fingerprint density at radius 3 is 2.55 bits per heavy atom. The zero-order valence-electron chi connectivity index (χ0n) is 11.8. The molecule has 1 aromatic heterocycles. The number of carboxylic acids is 1. The Morgan fingerprint density at radius 1 is 1.23 bits per heavy atom. The molecule has 0 bridgehead atoms. The van der Waals surface area contributed by atoms with Gasteiger partial charge in [0, 0.05) is 11.9 Å². The van der Waals surface area contributed by atoms with Crippen LogP contribution in [0.2, 0.25) is 0 Å². The molecule has 7 heteroatoms. The number of carbonyl (C=O) groups is 1. The molecule has 5 nitrogen and oxygen atoms in total. The molecule has 0 amide bonds. The molecule has 0 saturated carbocycles. The molecule has 1 N–H and O–H groups in total. The van der Waals surface area contributed by atoms with Crippen molar-refractivity contribution in [3.05, 3.63) is 54.2 Å². The lowest BCUT2D eigenvalue weighted by atomic mass is 10.3. The first-order chi connectivity index (χ1) is 10.4. The molecule has 0 aliphatic carbocycles. The lowest BCUT2D eigenvalue weighted by Crippen LogP contribution is -2.20. The molecule has 0 spiro atoms. The third-order valence-corrected chi connectivity index (χ3v) is 6.69. The average Bonchev–Trinajstić information content (AvgIpc) is 2.53. The SMILES string of the molecule is CC(CSc1ncccc1C(=O)O)S(=O)(=O)c1ccccc1. The van der Waals surface area contributed by atoms with E-state index in [0.717, 1.165) is 11.8 Å². The molecule has 2 rings (SSSR count). The van der Waals surface area contributed by atoms with E-state index in [1.165, 1.54) is 18.3 Å². The highest BCUT2D eigenvalue weighted by Crippen LogP contribution is 2.25. The Morgan fingerprint density at radius 2 is 1.91 bits per heavy atom. The fourth-order valence-electron chi connectivity index (χ4n) is 1.80. The molecule has 1 heterocycles. The molecular formula is C15H15NO4S2. The van der Waals surface area contributed by atoms with Crippen molar-refractivity contribution in [3.8, 4) is 0 Å². The van der Waals surface area contributed by atoms with E-state index in [-0.39, 0.29) is 16.2 Å². The van der Waals surface area contributed by atoms with Gasteiger partial charge in [0.05, 0.1) is 15.7 Å². The van der Waals surface area contributed by atoms with Crippen LogP contribution in [0.1, 0.15) is 17.3 Å². The van der Waals surface area contributed by atoms with Gasteiger partial charge >= 0.3 is 5.97 Å². The Bertz CT molecular complexity index is 760. The summed E-state index contributed by atoms with van der Waals surface area (Å²) in [7, 11) is -3.44. The van der Waals surface area contributed by atoms with E-state index in [1.807, 2.05) is 0 Å². The molecule has 1 aromatic carbocycles. The van der Waals surface area contributed by atoms with Crippen LogP contribution in [0, 0.1) is 0 Å². The summed E-state index contributed by atoms with van der Waals surface area (Å²) in [5, 5.41) is 8.77. The van der Waals surface area contributed by atoms with E-state index in [0.29, 0.717) is 5.03 Å². The zero-order valence-corrected chi connectivity index (χ0v) is 13.5. The first-order valence-electron chi connectivity index (χ1n) is 6.53. The Balaban J connectivity index is 2.14. The Kier molecular flexibility index (Phi) is 5.20. The number of hydrogen-bond acceptors (Lipinski definition) is 5. The standard InChI is InChI=1S/C15H15NO4S2/c1-11(22(19,20)12-6-3-2-4-7-12)10-21-14-13(15(17)18)8-5-9-16-14/h2-9,11H,10H2,1H3,(H,17,18). The van der Waals surface area contributed by atoms with Gasteiger partial charge in [-0.05, 0) is 31.2 Å². The third kappa shape index (κ3) is 3.66. The Labute approximate surface area is 133 Å². The molecule has 0 fully saturated rings. The maximum atomic E-state index is 12.4. The molecule has 0 saturated heterocycles. The Hall–Kier alpha value is -1.86. The van der Waals surface area contributed by atoms with Crippen LogP contribution >= 0.6 is 11.8 Å². The summed E-state index contributed by atoms with van der Waals surface area (Å²) in [5.74, 6) is -0.844. The number of carboxylic acid groups (broad SMARTS) is 1. The van der Waals surface area contributed by atoms with Gasteiger partial charge in [-0.3, -0.25) is 0 Å². The van der Waals surface area contributed by atoms with Gasteiger partial charge in [-0.25, -0.2) is 18.2 Å². The van der Waals surface area contributed by atoms with Gasteiger partial charge in [-0.15, -0.1) is 11.8 Å². The topological polar surface area (TPSA) is 84.3 Å². The first kappa shape index (κ1) is 16.5. The van der Waals surface area contributed by atoms with Gasteiger partial charge in [0.25, 0.3) is 0 Å². The monoisotopic (exact) mass is 337 g/mol. The van der Waals surface area contributed by atoms with Crippen LogP contribution in [0.5, 0.6) is 0 Å². The summed E-state index contributed by atoms with van der Waals surface area (Å²) in [5.41, 5.74) is 0.0804. The van der Waals surface area contributed by atoms with Crippen molar-refractivity contribution in [3.63, 3.8) is 0 Å². The van der Waals surface area contributed by atoms with Crippen LogP contribution in [-0.2, 0) is 9.84 Å². The van der Waals surface area contributed by atoms with Crippen molar-refractivity contribution in [1.82, 2.24) is 4.98 Å². The van der Waals surface area contributed by atoms with Gasteiger partial charge < -0.3 is 5.11 Å². The first-order valence-corrected chi connectivity index (χ1v) is 9.06. The minimum absolute atomic E-state index is 0.0804. The van der Waals surface area contributed by atoms with E-state index in [4.69, 9.17) is 5.11 Å². The lowest BCUT2D eigenvalue weighted by Gasteiger charge is -2.13. The quantitative estimate of drug-likeness (QED) is 0.816. The van der Waals surface area contributed by atoms with Crippen LogP contribution in [0.3, 0.4) is 0 Å². The number of hydrogen-bond donors (Lipinski definition) is 1. The zero-order chi connectivity index (χ0) is 16.2. The number of aromatic nitrogens is 1. The van der Waals surface area contributed by atoms with Gasteiger partial charge in [0.1, 0.15) is 5.03 Å². The molecule has 1 unspecified atom stereocenters. The highest BCUT2D eigenvalue weighted by molar-refractivity contribution is 8.00. The highest BCUT2D eigenvalue weighted by Gasteiger charge is 2.24. The smallest absolute Gasteiger partial charge is 0.338 e. The summed E-state index contributed by atoms with van der Waals surface area (Å²) in [6.07, 6.45) is 1.49. The lowest BCUT2D eigenvalue weighted by molar-refractivity contribution is 0.0692. The minimum Gasteiger partial charge on any atom is -0.478 e. The van der Waals surface area contributed by atoms with E-state index in [9.17, 15) is 13.2 Å². The van der Waals surface area contributed by atoms with Gasteiger partial charge in [0.15, 0.2) is 9.84 Å². The number of pyridine rings is 1. The number of nitrogens with zero attached hydrogens (tertiary/aromatic N) is 1. The van der Waals surface area contributed by atoms with Crippen LogP contribution in [0.25, 0.3) is 0 Å². The van der Waals surface area contributed by atoms with Crippen molar-refractivity contribution in [2.75, 3.05) is 5.75 Å². The van der Waals surface area contributed by atoms with E-state index < -0.39 is 21.1 Å². The van der Waals surface area contributed by atoms with E-state index in [2.05, 4.69) is 4.98 Å². The molecule has 0 aliphatic heterocycles. The van der Waals surface area contributed by atoms with Crippen molar-refractivity contribution in [2.45, 2.75) is 22.1 Å². The number of benzene rings is 1. The van der Waals surface area contributed by atoms with Gasteiger partial charge in [-0.2, -0.15) is 0 Å². The van der Waals surface area contributed by atoms with Crippen molar-refractivity contribution in [2.24, 2.45) is 0 Å². The highest BCUT2D eigenvalue weighted by atomic mass is 32.2. The van der Waals surface area contributed by atoms with Crippen LogP contribution < -0.4 is 0 Å². The third-order valence-electron chi connectivity index (χ3n) is 3.06. The second kappa shape index (κ2) is 6.93. The van der Waals surface area contributed by atoms with Crippen LogP contribution in [-0.4, -0.2) is 35.5 Å². The largest absolute Gasteiger partial charge is 0.478 e. The molecule has 0 radical (unpaired) electrons. The van der Waals surface area contributed by atoms with Crippen molar-refractivity contribution in [1.29, 1.82) is 0 Å². The second-order valence-electron chi connectivity index (χ2n) is 4.64. The maximum absolute atomic E-state index is 12.4. The molecule has 2 aromatic rings. The van der Waals surface area contributed by atoms with E-state index in [1.54, 1.807) is 37.3 Å². The number of sulfone groups is 1. The number of aromatic carboxylic acids is 1. The molecule has 0 aliphatic rings. The summed E-state index contributed by atoms with van der Waals surface area (Å²) in [6.45, 7) is 1.61. The second-order valence-corrected chi connectivity index (χ2v) is 8.02. The molecule has 1 atom stereocenters. The average molecular weight is 337 g/mol. The van der Waals surface area contributed by atoms with Gasteiger partial charge in [-0.1, -0.05) is 18.2 Å². The predicted octanol–water partition coefficient (Wildman–Crippen LogP) is 2.73. The predicted molar refractivity (Wildman–Crippen MR) is 85.0 cm³/mol. The minimum atomic E-state index is -3.44. The summed E-state index contributed by atoms with van der Waals surface area (Å²) >= 11 is 1.13. The van der Waals surface area contributed by atoms with Crippen LogP contribution in [0.4, 0.5) is 0 Å². The van der Waals surface area contributed by atoms with Crippen molar-refractivity contribution >= 4 is 27.6 Å². The summed E-state index contributed by atoms with van der Waals surface area (Å²) in [6, 6.07) is 11.2. The molecule has 22 heavy (non-hydrogen) atoms. The maximum Gasteiger partial charge on any atom is 0.338 e. The molecule has 116 valence electrons. The molecular weight excluding hydrogens is 322 g/mol. The number of thioether (sulfide) groups is 1. The normalized spacial score (nSPS) is 12.8. The summed E-state index contributed by atoms with van der Waals surface area (Å²) in [4.78, 5) is 15.4. The fraction of sp³-hybridized carbons (Fsp3) is 0.200. The van der Waals surface area contributed by atoms with E-state index >= 15 is 0 Å². The van der Waals surface area contributed by atoms with Crippen molar-refractivity contribution < 1.29 is 18.3 Å². The number of rotatable bonds is 6. The summed E-state index contributed by atoms with van der Waals surface area (Å²) < 4.78 is 24.8. The van der Waals surface area contributed by atoms with Crippen LogP contribution in [0.15, 0.2) is 58.6 Å². The van der Waals surface area contributed by atoms with Gasteiger partial charge in [0.2, 0.25) is 0 Å². The fourth-order valence-corrected chi connectivity index (χ4v) is 4.56.